The average molecular weight is 233 g/mol. The van der Waals surface area contributed by atoms with Crippen LogP contribution >= 0.6 is 0 Å². The summed E-state index contributed by atoms with van der Waals surface area (Å²) in [6.07, 6.45) is 5.10. The largest absolute Gasteiger partial charge is 0.361 e. The van der Waals surface area contributed by atoms with Crippen molar-refractivity contribution in [2.75, 3.05) is 0 Å². The summed E-state index contributed by atoms with van der Waals surface area (Å²) in [5.74, 6) is 0.887. The summed E-state index contributed by atoms with van der Waals surface area (Å²) >= 11 is 0. The van der Waals surface area contributed by atoms with Gasteiger partial charge in [0.2, 0.25) is 0 Å². The number of rotatable bonds is 4. The third-order valence-corrected chi connectivity index (χ3v) is 3.16. The van der Waals surface area contributed by atoms with Crippen molar-refractivity contribution < 1.29 is 4.52 Å². The van der Waals surface area contributed by atoms with Gasteiger partial charge in [-0.2, -0.15) is 0 Å². The lowest BCUT2D eigenvalue weighted by atomic mass is 10.1. The summed E-state index contributed by atoms with van der Waals surface area (Å²) in [6.45, 7) is 6.79. The van der Waals surface area contributed by atoms with Gasteiger partial charge in [-0.25, -0.2) is 0 Å². The maximum absolute atomic E-state index is 6.00. The summed E-state index contributed by atoms with van der Waals surface area (Å²) in [4.78, 5) is 0. The maximum Gasteiger partial charge on any atom is 0.138 e. The molecule has 0 saturated heterocycles. The van der Waals surface area contributed by atoms with E-state index in [1.807, 2.05) is 13.8 Å². The van der Waals surface area contributed by atoms with Crippen LogP contribution < -0.4 is 5.73 Å². The SMILES string of the molecule is CCC(N)c1ccn(Cc2c(C)noc2C)c1. The van der Waals surface area contributed by atoms with Crippen LogP contribution in [0.1, 0.15) is 42.0 Å². The molecule has 0 aliphatic rings. The predicted octanol–water partition coefficient (Wildman–Crippen LogP) is 2.55. The molecule has 0 fully saturated rings. The summed E-state index contributed by atoms with van der Waals surface area (Å²) in [5, 5.41) is 3.96. The lowest BCUT2D eigenvalue weighted by molar-refractivity contribution is 0.392. The highest BCUT2D eigenvalue weighted by Gasteiger charge is 2.10. The number of hydrogen-bond acceptors (Lipinski definition) is 3. The van der Waals surface area contributed by atoms with Gasteiger partial charge in [0.05, 0.1) is 12.2 Å². The molecule has 0 amide bonds. The molecule has 0 radical (unpaired) electrons. The van der Waals surface area contributed by atoms with Crippen LogP contribution in [0.5, 0.6) is 0 Å². The first-order chi connectivity index (χ1) is 8.11. The van der Waals surface area contributed by atoms with E-state index in [-0.39, 0.29) is 6.04 Å². The Balaban J connectivity index is 2.17. The molecule has 17 heavy (non-hydrogen) atoms. The van der Waals surface area contributed by atoms with Gasteiger partial charge < -0.3 is 14.8 Å². The molecule has 92 valence electrons. The van der Waals surface area contributed by atoms with Crippen LogP contribution in [-0.2, 0) is 6.54 Å². The zero-order valence-electron chi connectivity index (χ0n) is 10.6. The second kappa shape index (κ2) is 4.75. The lowest BCUT2D eigenvalue weighted by Crippen LogP contribution is -2.07. The first kappa shape index (κ1) is 11.9. The second-order valence-electron chi connectivity index (χ2n) is 4.43. The lowest BCUT2D eigenvalue weighted by Gasteiger charge is -2.05. The second-order valence-corrected chi connectivity index (χ2v) is 4.43. The summed E-state index contributed by atoms with van der Waals surface area (Å²) in [6, 6.07) is 2.20. The van der Waals surface area contributed by atoms with E-state index in [1.54, 1.807) is 0 Å². The Bertz CT molecular complexity index is 479. The third kappa shape index (κ3) is 2.42. The first-order valence-electron chi connectivity index (χ1n) is 5.94. The van der Waals surface area contributed by atoms with Crippen LogP contribution in [0.15, 0.2) is 23.0 Å². The van der Waals surface area contributed by atoms with Crippen LogP contribution in [0.2, 0.25) is 0 Å². The highest BCUT2D eigenvalue weighted by Crippen LogP contribution is 2.17. The Labute approximate surface area is 101 Å². The summed E-state index contributed by atoms with van der Waals surface area (Å²) in [5.41, 5.74) is 9.28. The predicted molar refractivity (Wildman–Crippen MR) is 66.7 cm³/mol. The number of aromatic nitrogens is 2. The molecule has 2 N–H and O–H groups in total. The van der Waals surface area contributed by atoms with Gasteiger partial charge in [0.25, 0.3) is 0 Å². The molecule has 4 nitrogen and oxygen atoms in total. The van der Waals surface area contributed by atoms with Crippen LogP contribution in [0, 0.1) is 13.8 Å². The van der Waals surface area contributed by atoms with Gasteiger partial charge in [-0.1, -0.05) is 12.1 Å². The zero-order valence-corrected chi connectivity index (χ0v) is 10.6. The Hall–Kier alpha value is -1.55. The standard InChI is InChI=1S/C13H19N3O/c1-4-13(14)11-5-6-16(7-11)8-12-9(2)15-17-10(12)3/h5-7,13H,4,8,14H2,1-3H3. The van der Waals surface area contributed by atoms with E-state index in [2.05, 4.69) is 35.1 Å². The van der Waals surface area contributed by atoms with Gasteiger partial charge in [0.1, 0.15) is 5.76 Å². The third-order valence-electron chi connectivity index (χ3n) is 3.16. The van der Waals surface area contributed by atoms with E-state index in [9.17, 15) is 0 Å². The monoisotopic (exact) mass is 233 g/mol. The van der Waals surface area contributed by atoms with Crippen LogP contribution in [0.25, 0.3) is 0 Å². The molecular formula is C13H19N3O. The fraction of sp³-hybridized carbons (Fsp3) is 0.462. The van der Waals surface area contributed by atoms with Crippen molar-refractivity contribution in [3.8, 4) is 0 Å². The van der Waals surface area contributed by atoms with Gasteiger partial charge >= 0.3 is 0 Å². The number of hydrogen-bond donors (Lipinski definition) is 1. The molecule has 0 bridgehead atoms. The van der Waals surface area contributed by atoms with Gasteiger partial charge in [-0.15, -0.1) is 0 Å². The van der Waals surface area contributed by atoms with E-state index in [0.717, 1.165) is 30.0 Å². The minimum absolute atomic E-state index is 0.126. The topological polar surface area (TPSA) is 57.0 Å². The molecular weight excluding hydrogens is 214 g/mol. The van der Waals surface area contributed by atoms with Crippen molar-refractivity contribution in [2.24, 2.45) is 5.73 Å². The van der Waals surface area contributed by atoms with E-state index in [4.69, 9.17) is 10.3 Å². The van der Waals surface area contributed by atoms with Gasteiger partial charge in [-0.05, 0) is 31.9 Å². The molecule has 0 aromatic carbocycles. The number of nitrogens with two attached hydrogens (primary N) is 1. The van der Waals surface area contributed by atoms with Crippen molar-refractivity contribution in [3.63, 3.8) is 0 Å². The van der Waals surface area contributed by atoms with E-state index in [0.29, 0.717) is 0 Å². The Morgan fingerprint density at radius 2 is 2.24 bits per heavy atom. The fourth-order valence-corrected chi connectivity index (χ4v) is 1.92. The van der Waals surface area contributed by atoms with E-state index >= 15 is 0 Å². The first-order valence-corrected chi connectivity index (χ1v) is 5.94. The normalized spacial score (nSPS) is 12.9. The molecule has 0 aliphatic carbocycles. The van der Waals surface area contributed by atoms with Gasteiger partial charge in [0.15, 0.2) is 0 Å². The van der Waals surface area contributed by atoms with E-state index < -0.39 is 0 Å². The zero-order chi connectivity index (χ0) is 12.4. The van der Waals surface area contributed by atoms with Crippen LogP contribution in [0.4, 0.5) is 0 Å². The van der Waals surface area contributed by atoms with E-state index in [1.165, 1.54) is 5.56 Å². The van der Waals surface area contributed by atoms with Crippen LogP contribution in [-0.4, -0.2) is 9.72 Å². The minimum atomic E-state index is 0.126. The molecule has 2 aromatic heterocycles. The van der Waals surface area contributed by atoms with Crippen molar-refractivity contribution in [3.05, 3.63) is 41.0 Å². The van der Waals surface area contributed by atoms with Gasteiger partial charge in [0, 0.05) is 24.0 Å². The molecule has 4 heteroatoms. The minimum Gasteiger partial charge on any atom is -0.361 e. The molecule has 0 spiro atoms. The Kier molecular flexibility index (Phi) is 3.33. The number of nitrogens with zero attached hydrogens (tertiary/aromatic N) is 2. The summed E-state index contributed by atoms with van der Waals surface area (Å²) in [7, 11) is 0. The molecule has 1 atom stereocenters. The summed E-state index contributed by atoms with van der Waals surface area (Å²) < 4.78 is 7.28. The molecule has 2 aromatic rings. The van der Waals surface area contributed by atoms with Crippen LogP contribution in [0.3, 0.4) is 0 Å². The molecule has 1 unspecified atom stereocenters. The molecule has 2 heterocycles. The highest BCUT2D eigenvalue weighted by molar-refractivity contribution is 5.23. The average Bonchev–Trinajstić information content (AvgIpc) is 2.90. The highest BCUT2D eigenvalue weighted by atomic mass is 16.5. The smallest absolute Gasteiger partial charge is 0.138 e. The molecule has 2 rings (SSSR count). The number of aryl methyl sites for hydroxylation is 2. The molecule has 0 saturated carbocycles. The Morgan fingerprint density at radius 3 is 2.82 bits per heavy atom. The van der Waals surface area contributed by atoms with Gasteiger partial charge in [-0.3, -0.25) is 0 Å². The molecule has 0 aliphatic heterocycles. The Morgan fingerprint density at radius 1 is 1.47 bits per heavy atom. The van der Waals surface area contributed by atoms with Crippen molar-refractivity contribution in [1.82, 2.24) is 9.72 Å². The fourth-order valence-electron chi connectivity index (χ4n) is 1.92. The quantitative estimate of drug-likeness (QED) is 0.883. The van der Waals surface area contributed by atoms with Crippen molar-refractivity contribution >= 4 is 0 Å². The van der Waals surface area contributed by atoms with Crippen molar-refractivity contribution in [1.29, 1.82) is 0 Å². The maximum atomic E-state index is 6.00. The van der Waals surface area contributed by atoms with Crippen molar-refractivity contribution in [2.45, 2.75) is 39.8 Å².